The number of carbonyl (C=O) groups excluding carboxylic acids is 2. The second-order valence-electron chi connectivity index (χ2n) is 9.62. The minimum atomic E-state index is 0.0784. The van der Waals surface area contributed by atoms with Gasteiger partial charge in [-0.05, 0) is 36.2 Å². The maximum Gasteiger partial charge on any atom is 0.228 e. The number of anilines is 2. The average molecular weight is 525 g/mol. The minimum absolute atomic E-state index is 0.0784. The van der Waals surface area contributed by atoms with Crippen molar-refractivity contribution in [2.24, 2.45) is 0 Å². The first-order chi connectivity index (χ1) is 18.9. The molecule has 0 radical (unpaired) electrons. The fourth-order valence-electron chi connectivity index (χ4n) is 5.11. The second-order valence-corrected chi connectivity index (χ2v) is 9.62. The van der Waals surface area contributed by atoms with Gasteiger partial charge in [0.1, 0.15) is 17.4 Å². The molecule has 2 amide bonds. The van der Waals surface area contributed by atoms with Gasteiger partial charge in [-0.25, -0.2) is 9.97 Å². The molecule has 4 aromatic heterocycles. The molecule has 0 fully saturated rings. The molecular formula is C28H28N8O3. The number of hydrogen-bond donors (Lipinski definition) is 1. The molecule has 0 spiro atoms. The monoisotopic (exact) mass is 524 g/mol. The fourth-order valence-corrected chi connectivity index (χ4v) is 5.11. The summed E-state index contributed by atoms with van der Waals surface area (Å²) in [4.78, 5) is 35.7. The van der Waals surface area contributed by atoms with E-state index in [0.29, 0.717) is 43.9 Å². The molecule has 5 aromatic rings. The molecule has 1 N–H and O–H groups in total. The van der Waals surface area contributed by atoms with E-state index < -0.39 is 0 Å². The van der Waals surface area contributed by atoms with Crippen molar-refractivity contribution in [1.82, 2.24) is 29.9 Å². The molecular weight excluding hydrogens is 496 g/mol. The molecule has 0 aliphatic carbocycles. The Morgan fingerprint density at radius 3 is 2.23 bits per heavy atom. The van der Waals surface area contributed by atoms with Crippen LogP contribution in [0.4, 0.5) is 11.6 Å². The normalized spacial score (nSPS) is 14.7. The van der Waals surface area contributed by atoms with Crippen LogP contribution in [0.15, 0.2) is 48.8 Å². The van der Waals surface area contributed by atoms with Gasteiger partial charge in [-0.15, -0.1) is 0 Å². The molecule has 2 aliphatic rings. The van der Waals surface area contributed by atoms with Gasteiger partial charge in [-0.3, -0.25) is 29.2 Å². The summed E-state index contributed by atoms with van der Waals surface area (Å²) in [7, 11) is 5.19. The number of hydrogen-bond acceptors (Lipinski definition) is 7. The Labute approximate surface area is 224 Å². The number of rotatable bonds is 3. The van der Waals surface area contributed by atoms with Crippen LogP contribution >= 0.6 is 0 Å². The first-order valence-corrected chi connectivity index (χ1v) is 12.8. The SMILES string of the molecule is CN1C(=O)CCc2[nH]nc3ccnc1c23.COc1ccc(Cn2nc3c4c(nccc42)N(C)C(=O)CC3)cc1. The number of nitrogens with one attached hydrogen (secondary N) is 1. The van der Waals surface area contributed by atoms with Gasteiger partial charge in [-0.1, -0.05) is 12.1 Å². The van der Waals surface area contributed by atoms with Crippen molar-refractivity contribution >= 4 is 45.3 Å². The van der Waals surface area contributed by atoms with Crippen LogP contribution in [0.5, 0.6) is 5.75 Å². The van der Waals surface area contributed by atoms with E-state index in [-0.39, 0.29) is 11.8 Å². The summed E-state index contributed by atoms with van der Waals surface area (Å²) in [5, 5.41) is 13.9. The number of H-pyrrole nitrogens is 1. The highest BCUT2D eigenvalue weighted by atomic mass is 16.5. The maximum absolute atomic E-state index is 12.1. The van der Waals surface area contributed by atoms with Gasteiger partial charge in [0.2, 0.25) is 11.8 Å². The predicted molar refractivity (Wildman–Crippen MR) is 147 cm³/mol. The topological polar surface area (TPSA) is 122 Å². The van der Waals surface area contributed by atoms with E-state index in [2.05, 4.69) is 20.2 Å². The van der Waals surface area contributed by atoms with Gasteiger partial charge in [0, 0.05) is 51.4 Å². The summed E-state index contributed by atoms with van der Waals surface area (Å²) >= 11 is 0. The number of aromatic nitrogens is 6. The van der Waals surface area contributed by atoms with Crippen LogP contribution in [0.2, 0.25) is 0 Å². The van der Waals surface area contributed by atoms with E-state index in [1.807, 2.05) is 41.1 Å². The summed E-state index contributed by atoms with van der Waals surface area (Å²) in [6.45, 7) is 0.668. The number of aryl methyl sites for hydroxylation is 2. The lowest BCUT2D eigenvalue weighted by molar-refractivity contribution is -0.119. The van der Waals surface area contributed by atoms with Gasteiger partial charge < -0.3 is 4.74 Å². The van der Waals surface area contributed by atoms with Crippen LogP contribution in [-0.2, 0) is 29.0 Å². The van der Waals surface area contributed by atoms with Crippen molar-refractivity contribution in [2.45, 2.75) is 32.2 Å². The molecule has 7 rings (SSSR count). The fraction of sp³-hybridized carbons (Fsp3) is 0.286. The molecule has 1 aromatic carbocycles. The zero-order valence-electron chi connectivity index (χ0n) is 22.0. The summed E-state index contributed by atoms with van der Waals surface area (Å²) in [6, 6.07) is 11.8. The Kier molecular flexibility index (Phi) is 6.18. The zero-order valence-corrected chi connectivity index (χ0v) is 22.0. The number of ether oxygens (including phenoxy) is 1. The highest BCUT2D eigenvalue weighted by molar-refractivity contribution is 6.04. The zero-order chi connectivity index (χ0) is 27.1. The molecule has 198 valence electrons. The van der Waals surface area contributed by atoms with Crippen LogP contribution in [0.1, 0.15) is 29.8 Å². The van der Waals surface area contributed by atoms with E-state index in [9.17, 15) is 9.59 Å². The molecule has 11 heteroatoms. The van der Waals surface area contributed by atoms with Crippen LogP contribution in [-0.4, -0.2) is 63.0 Å². The lowest BCUT2D eigenvalue weighted by atomic mass is 10.2. The summed E-state index contributed by atoms with van der Waals surface area (Å²) in [6.07, 6.45) is 5.73. The summed E-state index contributed by atoms with van der Waals surface area (Å²) < 4.78 is 7.19. The maximum atomic E-state index is 12.1. The van der Waals surface area contributed by atoms with E-state index in [0.717, 1.165) is 44.5 Å². The Bertz CT molecular complexity index is 1710. The van der Waals surface area contributed by atoms with Gasteiger partial charge in [0.15, 0.2) is 0 Å². The molecule has 0 atom stereocenters. The third-order valence-electron chi connectivity index (χ3n) is 7.28. The van der Waals surface area contributed by atoms with Gasteiger partial charge in [0.05, 0.1) is 41.2 Å². The van der Waals surface area contributed by atoms with E-state index in [1.165, 1.54) is 0 Å². The van der Waals surface area contributed by atoms with Crippen molar-refractivity contribution in [3.63, 3.8) is 0 Å². The third kappa shape index (κ3) is 4.35. The molecule has 0 saturated carbocycles. The molecule has 0 unspecified atom stereocenters. The Hall–Kier alpha value is -4.80. The molecule has 11 nitrogen and oxygen atoms in total. The quantitative estimate of drug-likeness (QED) is 0.384. The lowest BCUT2D eigenvalue weighted by Gasteiger charge is -2.15. The van der Waals surface area contributed by atoms with Crippen molar-refractivity contribution < 1.29 is 14.3 Å². The van der Waals surface area contributed by atoms with Crippen LogP contribution < -0.4 is 14.5 Å². The van der Waals surface area contributed by atoms with Gasteiger partial charge >= 0.3 is 0 Å². The van der Waals surface area contributed by atoms with Crippen molar-refractivity contribution in [2.75, 3.05) is 31.0 Å². The average Bonchev–Trinajstić information content (AvgIpc) is 3.48. The minimum Gasteiger partial charge on any atom is -0.497 e. The van der Waals surface area contributed by atoms with E-state index >= 15 is 0 Å². The molecule has 6 heterocycles. The third-order valence-corrected chi connectivity index (χ3v) is 7.28. The Balaban J connectivity index is 0.000000158. The number of benzene rings is 1. The van der Waals surface area contributed by atoms with Crippen LogP contribution in [0, 0.1) is 0 Å². The molecule has 2 aliphatic heterocycles. The van der Waals surface area contributed by atoms with E-state index in [4.69, 9.17) is 9.84 Å². The van der Waals surface area contributed by atoms with Crippen molar-refractivity contribution in [3.05, 3.63) is 65.7 Å². The summed E-state index contributed by atoms with van der Waals surface area (Å²) in [5.41, 5.74) is 4.97. The standard InChI is InChI=1S/C18H18N4O2.C10H10N4O/c1-21-16(23)8-7-14-17-15(9-10-19-18(17)21)22(20-14)11-12-3-5-13(24-2)6-4-12;1-14-8(15)3-2-6-9-7(13-12-6)4-5-11-10(9)14/h3-6,9-10H,7-8,11H2,1-2H3;4-5H,2-3H2,1H3,(H,12,13). The van der Waals surface area contributed by atoms with E-state index in [1.54, 1.807) is 43.4 Å². The highest BCUT2D eigenvalue weighted by Gasteiger charge is 2.25. The molecule has 0 bridgehead atoms. The number of nitrogens with zero attached hydrogens (tertiary/aromatic N) is 7. The lowest BCUT2D eigenvalue weighted by Crippen LogP contribution is -2.26. The summed E-state index contributed by atoms with van der Waals surface area (Å²) in [5.74, 6) is 2.42. The number of methoxy groups -OCH3 is 1. The van der Waals surface area contributed by atoms with Crippen LogP contribution in [0.25, 0.3) is 21.8 Å². The smallest absolute Gasteiger partial charge is 0.228 e. The number of carbonyl (C=O) groups is 2. The largest absolute Gasteiger partial charge is 0.497 e. The van der Waals surface area contributed by atoms with Crippen molar-refractivity contribution in [3.8, 4) is 5.75 Å². The molecule has 0 saturated heterocycles. The van der Waals surface area contributed by atoms with Crippen molar-refractivity contribution in [1.29, 1.82) is 0 Å². The Morgan fingerprint density at radius 1 is 0.846 bits per heavy atom. The van der Waals surface area contributed by atoms with Crippen LogP contribution in [0.3, 0.4) is 0 Å². The van der Waals surface area contributed by atoms with Gasteiger partial charge in [-0.2, -0.15) is 10.2 Å². The predicted octanol–water partition coefficient (Wildman–Crippen LogP) is 3.26. The Morgan fingerprint density at radius 2 is 1.51 bits per heavy atom. The molecule has 39 heavy (non-hydrogen) atoms. The number of aromatic amines is 1. The second kappa shape index (κ2) is 9.82. The number of pyridine rings is 2. The van der Waals surface area contributed by atoms with Gasteiger partial charge in [0.25, 0.3) is 0 Å². The highest BCUT2D eigenvalue weighted by Crippen LogP contribution is 2.32. The first kappa shape index (κ1) is 24.5. The number of amides is 2. The first-order valence-electron chi connectivity index (χ1n) is 12.8.